The molecule has 1 spiro atoms. The van der Waals surface area contributed by atoms with E-state index in [4.69, 9.17) is 32.3 Å². The van der Waals surface area contributed by atoms with Gasteiger partial charge in [-0.15, -0.1) is 0 Å². The number of nitrogen functional groups attached to an aromatic ring is 1. The molecule has 11 heteroatoms. The number of likely N-dealkylation sites (tertiary alicyclic amines) is 1. The van der Waals surface area contributed by atoms with Gasteiger partial charge in [0.15, 0.2) is 5.65 Å². The number of ether oxygens (including phenoxy) is 1. The van der Waals surface area contributed by atoms with Crippen molar-refractivity contribution in [2.45, 2.75) is 37.3 Å². The Kier molecular flexibility index (Phi) is 6.10. The third-order valence-electron chi connectivity index (χ3n) is 7.17. The molecule has 192 valence electrons. The molecule has 6 rings (SSSR count). The minimum Gasteiger partial charge on any atom is -0.439 e. The van der Waals surface area contributed by atoms with Crippen molar-refractivity contribution < 1.29 is 14.6 Å². The lowest BCUT2D eigenvalue weighted by atomic mass is 9.96. The van der Waals surface area contributed by atoms with Crippen molar-refractivity contribution in [1.82, 2.24) is 29.6 Å². The number of carbonyl (C=O) groups excluding carboxylic acids is 1. The van der Waals surface area contributed by atoms with Gasteiger partial charge in [0.05, 0.1) is 16.5 Å². The smallest absolute Gasteiger partial charge is 0.299 e. The van der Waals surface area contributed by atoms with Gasteiger partial charge in [-0.05, 0) is 61.9 Å². The van der Waals surface area contributed by atoms with Gasteiger partial charge in [-0.3, -0.25) is 4.79 Å². The van der Waals surface area contributed by atoms with Crippen molar-refractivity contribution in [1.29, 1.82) is 0 Å². The number of carbonyl (C=O) groups is 1. The monoisotopic (exact) mass is 529 g/mol. The van der Waals surface area contributed by atoms with Gasteiger partial charge >= 0.3 is 0 Å². The van der Waals surface area contributed by atoms with Crippen LogP contribution in [0.25, 0.3) is 22.3 Å². The van der Waals surface area contributed by atoms with Crippen LogP contribution in [0.2, 0.25) is 5.02 Å². The molecule has 1 atom stereocenters. The van der Waals surface area contributed by atoms with Gasteiger partial charge in [-0.2, -0.15) is 5.10 Å². The molecule has 1 aliphatic carbocycles. The molecule has 1 saturated heterocycles. The van der Waals surface area contributed by atoms with Crippen molar-refractivity contribution in [2.24, 2.45) is 0 Å². The van der Waals surface area contributed by atoms with Crippen LogP contribution in [0.4, 0.5) is 5.82 Å². The number of nitrogens with zero attached hydrogens (tertiary/aromatic N) is 6. The standard InChI is InChI=1S/C27H24ClN7O3/c28-18-5-8-21(30-14-18)38-20-6-3-17(4-7-20)24-23-25(29)31-16-32-26(23)35(33-24)19-9-10-27(11-12-27)34(15-19)22(37)2-1-13-36/h3-8,14,16,19,36H,9-13,15H2,(H2,29,31,32)/t19-/m0/s1. The minimum absolute atomic E-state index is 0.106. The molecule has 4 aromatic rings. The summed E-state index contributed by atoms with van der Waals surface area (Å²) in [6.07, 6.45) is 6.58. The van der Waals surface area contributed by atoms with Crippen molar-refractivity contribution in [2.75, 3.05) is 18.9 Å². The van der Waals surface area contributed by atoms with E-state index in [1.807, 2.05) is 33.8 Å². The number of rotatable bonds is 4. The van der Waals surface area contributed by atoms with Gasteiger partial charge in [-0.25, -0.2) is 19.6 Å². The number of amides is 1. The first-order valence-electron chi connectivity index (χ1n) is 12.3. The van der Waals surface area contributed by atoms with Crippen LogP contribution in [0.1, 0.15) is 31.7 Å². The van der Waals surface area contributed by atoms with Gasteiger partial charge < -0.3 is 20.5 Å². The second kappa shape index (κ2) is 9.59. The predicted octanol–water partition coefficient (Wildman–Crippen LogP) is 3.61. The van der Waals surface area contributed by atoms with Crippen LogP contribution in [0, 0.1) is 11.8 Å². The molecule has 0 radical (unpaired) electrons. The van der Waals surface area contributed by atoms with Crippen LogP contribution in [0.5, 0.6) is 11.6 Å². The average Bonchev–Trinajstić information content (AvgIpc) is 3.59. The van der Waals surface area contributed by atoms with Crippen molar-refractivity contribution in [3.8, 4) is 34.7 Å². The Morgan fingerprint density at radius 3 is 2.68 bits per heavy atom. The maximum Gasteiger partial charge on any atom is 0.299 e. The number of fused-ring (bicyclic) bond motifs is 1. The van der Waals surface area contributed by atoms with E-state index in [-0.39, 0.29) is 24.1 Å². The van der Waals surface area contributed by atoms with Gasteiger partial charge in [0, 0.05) is 29.9 Å². The summed E-state index contributed by atoms with van der Waals surface area (Å²) in [5.41, 5.74) is 8.27. The third-order valence-corrected chi connectivity index (χ3v) is 7.39. The molecule has 3 aromatic heterocycles. The Morgan fingerprint density at radius 1 is 1.16 bits per heavy atom. The highest BCUT2D eigenvalue weighted by molar-refractivity contribution is 6.30. The molecule has 4 heterocycles. The fourth-order valence-electron chi connectivity index (χ4n) is 5.09. The van der Waals surface area contributed by atoms with E-state index >= 15 is 0 Å². The van der Waals surface area contributed by atoms with E-state index in [1.54, 1.807) is 12.1 Å². The second-order valence-electron chi connectivity index (χ2n) is 9.48. The Hall–Kier alpha value is -4.20. The number of aliphatic hydroxyl groups is 1. The van der Waals surface area contributed by atoms with Crippen molar-refractivity contribution in [3.05, 3.63) is 53.9 Å². The summed E-state index contributed by atoms with van der Waals surface area (Å²) in [4.78, 5) is 27.6. The van der Waals surface area contributed by atoms with Gasteiger partial charge in [0.25, 0.3) is 5.91 Å². The van der Waals surface area contributed by atoms with E-state index < -0.39 is 0 Å². The molecule has 1 aliphatic heterocycles. The fourth-order valence-corrected chi connectivity index (χ4v) is 5.20. The molecule has 0 bridgehead atoms. The Labute approximate surface area is 223 Å². The summed E-state index contributed by atoms with van der Waals surface area (Å²) in [6.45, 7) is 0.110. The highest BCUT2D eigenvalue weighted by atomic mass is 35.5. The van der Waals surface area contributed by atoms with Crippen LogP contribution in [-0.4, -0.2) is 59.3 Å². The van der Waals surface area contributed by atoms with Gasteiger partial charge in [0.2, 0.25) is 5.88 Å². The molecule has 1 aromatic carbocycles. The lowest BCUT2D eigenvalue weighted by Crippen LogP contribution is -2.48. The number of aliphatic hydroxyl groups excluding tert-OH is 1. The summed E-state index contributed by atoms with van der Waals surface area (Å²) >= 11 is 5.90. The predicted molar refractivity (Wildman–Crippen MR) is 141 cm³/mol. The lowest BCUT2D eigenvalue weighted by molar-refractivity contribution is -0.130. The largest absolute Gasteiger partial charge is 0.439 e. The maximum atomic E-state index is 12.9. The molecule has 10 nitrogen and oxygen atoms in total. The van der Waals surface area contributed by atoms with Gasteiger partial charge in [0.1, 0.15) is 30.2 Å². The molecular weight excluding hydrogens is 506 g/mol. The zero-order valence-electron chi connectivity index (χ0n) is 20.3. The van der Waals surface area contributed by atoms with Crippen LogP contribution in [0.3, 0.4) is 0 Å². The zero-order valence-corrected chi connectivity index (χ0v) is 21.1. The lowest BCUT2D eigenvalue weighted by Gasteiger charge is -2.39. The van der Waals surface area contributed by atoms with Gasteiger partial charge in [-0.1, -0.05) is 17.5 Å². The van der Waals surface area contributed by atoms with Crippen molar-refractivity contribution >= 4 is 34.4 Å². The number of hydrogen-bond donors (Lipinski definition) is 2. The van der Waals surface area contributed by atoms with Crippen LogP contribution in [0.15, 0.2) is 48.9 Å². The minimum atomic E-state index is -0.348. The quantitative estimate of drug-likeness (QED) is 0.383. The molecule has 2 aliphatic rings. The fraction of sp³-hybridized carbons (Fsp3) is 0.296. The topological polar surface area (TPSA) is 132 Å². The van der Waals surface area contributed by atoms with E-state index in [0.717, 1.165) is 31.2 Å². The maximum absolute atomic E-state index is 12.9. The number of hydrogen-bond acceptors (Lipinski definition) is 8. The summed E-state index contributed by atoms with van der Waals surface area (Å²) in [5, 5.41) is 15.2. The Morgan fingerprint density at radius 2 is 1.97 bits per heavy atom. The molecule has 0 unspecified atom stereocenters. The van der Waals surface area contributed by atoms with E-state index in [1.165, 1.54) is 12.5 Å². The summed E-state index contributed by atoms with van der Waals surface area (Å²) < 4.78 is 7.68. The molecular formula is C27H24ClN7O3. The van der Waals surface area contributed by atoms with Crippen molar-refractivity contribution in [3.63, 3.8) is 0 Å². The SMILES string of the molecule is Nc1ncnc2c1c(-c1ccc(Oc3ccc(Cl)cn3)cc1)nn2[C@H]1CCC2(CC2)N(C(=O)C#CCO)C1. The number of anilines is 1. The zero-order chi connectivity index (χ0) is 26.3. The number of benzene rings is 1. The first kappa shape index (κ1) is 24.2. The normalized spacial score (nSPS) is 17.7. The number of piperidine rings is 1. The molecule has 1 amide bonds. The second-order valence-corrected chi connectivity index (χ2v) is 9.92. The Bertz CT molecular complexity index is 1570. The molecule has 3 N–H and O–H groups in total. The van der Waals surface area contributed by atoms with E-state index in [0.29, 0.717) is 45.7 Å². The number of nitrogens with two attached hydrogens (primary N) is 1. The average molecular weight is 530 g/mol. The summed E-state index contributed by atoms with van der Waals surface area (Å²) in [6, 6.07) is 10.7. The van der Waals surface area contributed by atoms with E-state index in [2.05, 4.69) is 26.8 Å². The number of halogens is 1. The van der Waals surface area contributed by atoms with Crippen LogP contribution < -0.4 is 10.5 Å². The van der Waals surface area contributed by atoms with E-state index in [9.17, 15) is 4.79 Å². The highest BCUT2D eigenvalue weighted by Gasteiger charge is 2.53. The summed E-state index contributed by atoms with van der Waals surface area (Å²) in [5.74, 6) is 6.15. The third kappa shape index (κ3) is 4.40. The number of aromatic nitrogens is 5. The molecule has 2 fully saturated rings. The first-order valence-corrected chi connectivity index (χ1v) is 12.6. The highest BCUT2D eigenvalue weighted by Crippen LogP contribution is 2.50. The van der Waals surface area contributed by atoms with Crippen LogP contribution >= 0.6 is 11.6 Å². The van der Waals surface area contributed by atoms with Crippen LogP contribution in [-0.2, 0) is 4.79 Å². The molecule has 38 heavy (non-hydrogen) atoms. The Balaban J connectivity index is 1.32. The number of pyridine rings is 1. The molecule has 1 saturated carbocycles. The summed E-state index contributed by atoms with van der Waals surface area (Å²) in [7, 11) is 0. The first-order chi connectivity index (χ1) is 18.5.